The van der Waals surface area contributed by atoms with Gasteiger partial charge in [-0.2, -0.15) is 0 Å². The number of carbonyl (C=O) groups is 1. The van der Waals surface area contributed by atoms with Gasteiger partial charge < -0.3 is 20.1 Å². The normalized spacial score (nSPS) is 27.6. The third kappa shape index (κ3) is 3.17. The van der Waals surface area contributed by atoms with Crippen molar-refractivity contribution in [3.8, 4) is 11.5 Å². The zero-order valence-electron chi connectivity index (χ0n) is 19.0. The number of carbonyl (C=O) groups excluding carboxylic acids is 1. The zero-order chi connectivity index (χ0) is 22.6. The number of fused-ring (bicyclic) bond motifs is 8. The van der Waals surface area contributed by atoms with Crippen molar-refractivity contribution in [2.75, 3.05) is 12.1 Å². The molecule has 0 radical (unpaired) electrons. The van der Waals surface area contributed by atoms with E-state index in [2.05, 4.69) is 53.1 Å². The van der Waals surface area contributed by atoms with Crippen molar-refractivity contribution in [3.05, 3.63) is 89.0 Å². The fraction of sp³-hybridized carbons (Fsp3) is 0.345. The highest BCUT2D eigenvalue weighted by atomic mass is 16.7. The van der Waals surface area contributed by atoms with Gasteiger partial charge in [-0.15, -0.1) is 0 Å². The molecule has 0 saturated heterocycles. The second-order valence-electron chi connectivity index (χ2n) is 10.1. The monoisotopic (exact) mass is 452 g/mol. The standard InChI is InChI=1S/C29H28N2O3/c32-29(30-15-17-6-11-24-25(12-17)34-16-33-24)21-9-10-23-22(14-21)26-19-7-8-20(13-19)27(26)28(31-23)18-4-2-1-3-5-18/h1-6,9-12,14,19-20,26-28,31H,7-8,13,15-16H2,(H,30,32)/t19-,20+,26+,27-,28-/m0/s1. The van der Waals surface area contributed by atoms with Gasteiger partial charge in [-0.1, -0.05) is 36.4 Å². The van der Waals surface area contributed by atoms with Gasteiger partial charge in [0.1, 0.15) is 0 Å². The SMILES string of the molecule is O=C(NCc1ccc2c(c1)OCO2)c1ccc2c(c1)[C@H]1[C@H]3CC[C@H](C3)[C@@H]1[C@H](c1ccccc1)N2. The maximum absolute atomic E-state index is 13.1. The molecule has 3 aromatic carbocycles. The van der Waals surface area contributed by atoms with Crippen molar-refractivity contribution in [2.45, 2.75) is 37.8 Å². The molecular formula is C29H28N2O3. The van der Waals surface area contributed by atoms with E-state index < -0.39 is 0 Å². The van der Waals surface area contributed by atoms with E-state index in [-0.39, 0.29) is 12.7 Å². The average molecular weight is 453 g/mol. The molecular weight excluding hydrogens is 424 g/mol. The third-order valence-corrected chi connectivity index (χ3v) is 8.40. The Balaban J connectivity index is 1.15. The summed E-state index contributed by atoms with van der Waals surface area (Å²) in [5.74, 6) is 4.08. The molecule has 7 rings (SSSR count). The Hall–Kier alpha value is -3.47. The highest BCUT2D eigenvalue weighted by Crippen LogP contribution is 2.63. The Labute approximate surface area is 199 Å². The Morgan fingerprint density at radius 3 is 2.71 bits per heavy atom. The highest BCUT2D eigenvalue weighted by Gasteiger charge is 2.53. The largest absolute Gasteiger partial charge is 0.454 e. The molecule has 3 aromatic rings. The summed E-state index contributed by atoms with van der Waals surface area (Å²) >= 11 is 0. The van der Waals surface area contributed by atoms with E-state index in [0.717, 1.165) is 34.5 Å². The summed E-state index contributed by atoms with van der Waals surface area (Å²) in [5.41, 5.74) is 5.63. The van der Waals surface area contributed by atoms with Gasteiger partial charge in [-0.3, -0.25) is 4.79 Å². The number of nitrogens with one attached hydrogen (secondary N) is 2. The van der Waals surface area contributed by atoms with Gasteiger partial charge in [0.05, 0.1) is 6.04 Å². The molecule has 0 unspecified atom stereocenters. The molecule has 2 heterocycles. The minimum atomic E-state index is -0.0367. The van der Waals surface area contributed by atoms with E-state index in [1.165, 1.54) is 36.1 Å². The molecule has 2 aliphatic heterocycles. The number of benzene rings is 3. The molecule has 4 aliphatic rings. The van der Waals surface area contributed by atoms with Crippen LogP contribution in [0.4, 0.5) is 5.69 Å². The summed E-state index contributed by atoms with van der Waals surface area (Å²) < 4.78 is 10.8. The van der Waals surface area contributed by atoms with Crippen molar-refractivity contribution in [2.24, 2.45) is 17.8 Å². The zero-order valence-corrected chi connectivity index (χ0v) is 19.0. The summed E-state index contributed by atoms with van der Waals surface area (Å²) in [6, 6.07) is 23.2. The van der Waals surface area contributed by atoms with Crippen molar-refractivity contribution in [1.29, 1.82) is 0 Å². The van der Waals surface area contributed by atoms with Gasteiger partial charge in [-0.25, -0.2) is 0 Å². The van der Waals surface area contributed by atoms with Crippen LogP contribution in [0.15, 0.2) is 66.7 Å². The molecule has 34 heavy (non-hydrogen) atoms. The predicted octanol–water partition coefficient (Wildman–Crippen LogP) is 5.64. The second-order valence-corrected chi connectivity index (χ2v) is 10.1. The number of ether oxygens (including phenoxy) is 2. The summed E-state index contributed by atoms with van der Waals surface area (Å²) in [6.07, 6.45) is 3.97. The second kappa shape index (κ2) is 7.79. The molecule has 0 aromatic heterocycles. The number of anilines is 1. The molecule has 1 amide bonds. The van der Waals surface area contributed by atoms with Gasteiger partial charge in [0.25, 0.3) is 5.91 Å². The summed E-state index contributed by atoms with van der Waals surface area (Å²) in [6.45, 7) is 0.709. The van der Waals surface area contributed by atoms with Crippen molar-refractivity contribution >= 4 is 11.6 Å². The maximum atomic E-state index is 13.1. The molecule has 2 bridgehead atoms. The first-order valence-electron chi connectivity index (χ1n) is 12.4. The van der Waals surface area contributed by atoms with Crippen LogP contribution in [0.2, 0.25) is 0 Å². The van der Waals surface area contributed by atoms with E-state index in [1.54, 1.807) is 0 Å². The Kier molecular flexibility index (Phi) is 4.57. The van der Waals surface area contributed by atoms with E-state index in [1.807, 2.05) is 24.3 Å². The van der Waals surface area contributed by atoms with Crippen molar-refractivity contribution < 1.29 is 14.3 Å². The number of amides is 1. The number of rotatable bonds is 4. The van der Waals surface area contributed by atoms with Gasteiger partial charge in [-0.05, 0) is 90.0 Å². The van der Waals surface area contributed by atoms with E-state index in [9.17, 15) is 4.79 Å². The lowest BCUT2D eigenvalue weighted by Gasteiger charge is -2.43. The lowest BCUT2D eigenvalue weighted by atomic mass is 9.68. The van der Waals surface area contributed by atoms with Crippen LogP contribution in [0, 0.1) is 17.8 Å². The van der Waals surface area contributed by atoms with E-state index in [4.69, 9.17) is 9.47 Å². The number of hydrogen-bond acceptors (Lipinski definition) is 4. The molecule has 172 valence electrons. The molecule has 2 aliphatic carbocycles. The maximum Gasteiger partial charge on any atom is 0.251 e. The van der Waals surface area contributed by atoms with Crippen LogP contribution in [-0.4, -0.2) is 12.7 Å². The summed E-state index contributed by atoms with van der Waals surface area (Å²) in [4.78, 5) is 13.1. The molecule has 2 N–H and O–H groups in total. The Bertz CT molecular complexity index is 1260. The van der Waals surface area contributed by atoms with Crippen LogP contribution in [0.25, 0.3) is 0 Å². The van der Waals surface area contributed by atoms with Crippen LogP contribution < -0.4 is 20.1 Å². The van der Waals surface area contributed by atoms with Gasteiger partial charge in [0.15, 0.2) is 11.5 Å². The fourth-order valence-electron chi connectivity index (χ4n) is 6.95. The highest BCUT2D eigenvalue weighted by molar-refractivity contribution is 5.95. The summed E-state index contributed by atoms with van der Waals surface area (Å²) in [5, 5.41) is 6.95. The van der Waals surface area contributed by atoms with Crippen molar-refractivity contribution in [3.63, 3.8) is 0 Å². The van der Waals surface area contributed by atoms with Crippen LogP contribution >= 0.6 is 0 Å². The van der Waals surface area contributed by atoms with Gasteiger partial charge in [0.2, 0.25) is 6.79 Å². The third-order valence-electron chi connectivity index (χ3n) is 8.40. The number of hydrogen-bond donors (Lipinski definition) is 2. The minimum Gasteiger partial charge on any atom is -0.454 e. The first kappa shape index (κ1) is 20.0. The van der Waals surface area contributed by atoms with Gasteiger partial charge >= 0.3 is 0 Å². The lowest BCUT2D eigenvalue weighted by Crippen LogP contribution is -2.35. The van der Waals surface area contributed by atoms with Crippen LogP contribution in [0.5, 0.6) is 11.5 Å². The van der Waals surface area contributed by atoms with E-state index >= 15 is 0 Å². The first-order chi connectivity index (χ1) is 16.7. The molecule has 2 fully saturated rings. The smallest absolute Gasteiger partial charge is 0.251 e. The molecule has 5 atom stereocenters. The Morgan fingerprint density at radius 1 is 0.941 bits per heavy atom. The molecule has 2 saturated carbocycles. The fourth-order valence-corrected chi connectivity index (χ4v) is 6.95. The lowest BCUT2D eigenvalue weighted by molar-refractivity contribution is 0.0950. The van der Waals surface area contributed by atoms with Gasteiger partial charge in [0, 0.05) is 17.8 Å². The van der Waals surface area contributed by atoms with Crippen LogP contribution in [0.1, 0.15) is 58.3 Å². The summed E-state index contributed by atoms with van der Waals surface area (Å²) in [7, 11) is 0. The van der Waals surface area contributed by atoms with Crippen LogP contribution in [-0.2, 0) is 6.54 Å². The molecule has 5 nitrogen and oxygen atoms in total. The minimum absolute atomic E-state index is 0.0367. The Morgan fingerprint density at radius 2 is 1.79 bits per heavy atom. The van der Waals surface area contributed by atoms with E-state index in [0.29, 0.717) is 24.4 Å². The average Bonchev–Trinajstić information content (AvgIpc) is 3.63. The van der Waals surface area contributed by atoms with Crippen LogP contribution in [0.3, 0.4) is 0 Å². The first-order valence-corrected chi connectivity index (χ1v) is 12.4. The quantitative estimate of drug-likeness (QED) is 0.538. The molecule has 0 spiro atoms. The predicted molar refractivity (Wildman–Crippen MR) is 130 cm³/mol. The molecule has 5 heteroatoms. The topological polar surface area (TPSA) is 59.6 Å². The van der Waals surface area contributed by atoms with Crippen molar-refractivity contribution in [1.82, 2.24) is 5.32 Å².